The molecule has 1 fully saturated rings. The first-order valence-corrected chi connectivity index (χ1v) is 12.2. The van der Waals surface area contributed by atoms with Crippen molar-refractivity contribution in [3.05, 3.63) is 60.2 Å². The number of hydrogen-bond acceptors (Lipinski definition) is 7. The lowest BCUT2D eigenvalue weighted by atomic mass is 10.2. The summed E-state index contributed by atoms with van der Waals surface area (Å²) in [6, 6.07) is 16.4. The predicted molar refractivity (Wildman–Crippen MR) is 120 cm³/mol. The molecule has 1 N–H and O–H groups in total. The summed E-state index contributed by atoms with van der Waals surface area (Å²) in [6.45, 7) is 3.88. The van der Waals surface area contributed by atoms with Crippen LogP contribution < -0.4 is 5.32 Å². The third-order valence-electron chi connectivity index (χ3n) is 5.05. The van der Waals surface area contributed by atoms with Crippen LogP contribution in [0.25, 0.3) is 10.6 Å². The molecule has 0 bridgehead atoms. The average molecular weight is 458 g/mol. The van der Waals surface area contributed by atoms with E-state index in [1.54, 1.807) is 30.3 Å². The van der Waals surface area contributed by atoms with Gasteiger partial charge >= 0.3 is 0 Å². The van der Waals surface area contributed by atoms with Crippen LogP contribution in [0, 0.1) is 6.92 Å². The molecule has 0 atom stereocenters. The molecule has 0 aliphatic carbocycles. The number of benzene rings is 2. The zero-order chi connectivity index (χ0) is 21.8. The van der Waals surface area contributed by atoms with Gasteiger partial charge in [0.25, 0.3) is 0 Å². The molecule has 31 heavy (non-hydrogen) atoms. The van der Waals surface area contributed by atoms with Crippen molar-refractivity contribution in [2.75, 3.05) is 38.0 Å². The third-order valence-corrected chi connectivity index (χ3v) is 7.85. The van der Waals surface area contributed by atoms with Crippen molar-refractivity contribution in [2.45, 2.75) is 11.8 Å². The highest BCUT2D eigenvalue weighted by Gasteiger charge is 2.29. The zero-order valence-corrected chi connectivity index (χ0v) is 18.7. The van der Waals surface area contributed by atoms with Crippen molar-refractivity contribution in [1.29, 1.82) is 0 Å². The Kier molecular flexibility index (Phi) is 6.42. The Morgan fingerprint density at radius 3 is 2.35 bits per heavy atom. The van der Waals surface area contributed by atoms with E-state index in [-0.39, 0.29) is 12.5 Å². The lowest BCUT2D eigenvalue weighted by Gasteiger charge is -2.33. The maximum Gasteiger partial charge on any atom is 0.243 e. The Bertz CT molecular complexity index is 1140. The Hall–Kier alpha value is -2.66. The number of carbonyl (C=O) groups is 1. The van der Waals surface area contributed by atoms with Crippen LogP contribution in [0.15, 0.2) is 59.5 Å². The zero-order valence-electron chi connectivity index (χ0n) is 17.1. The second kappa shape index (κ2) is 9.23. The van der Waals surface area contributed by atoms with Crippen molar-refractivity contribution >= 4 is 32.4 Å². The van der Waals surface area contributed by atoms with Crippen LogP contribution in [0.3, 0.4) is 0 Å². The summed E-state index contributed by atoms with van der Waals surface area (Å²) in [7, 11) is -3.50. The topological polar surface area (TPSA) is 95.5 Å². The summed E-state index contributed by atoms with van der Waals surface area (Å²) in [5.41, 5.74) is 2.12. The number of hydrogen-bond donors (Lipinski definition) is 1. The first-order valence-electron chi connectivity index (χ1n) is 9.90. The average Bonchev–Trinajstić information content (AvgIpc) is 3.23. The van der Waals surface area contributed by atoms with Crippen molar-refractivity contribution in [3.8, 4) is 10.6 Å². The molecule has 162 valence electrons. The van der Waals surface area contributed by atoms with Gasteiger partial charge in [-0.25, -0.2) is 8.42 Å². The number of aromatic nitrogens is 2. The van der Waals surface area contributed by atoms with Gasteiger partial charge in [0, 0.05) is 31.7 Å². The molecule has 1 aliphatic rings. The number of rotatable bonds is 6. The van der Waals surface area contributed by atoms with E-state index in [1.165, 1.54) is 21.2 Å². The van der Waals surface area contributed by atoms with Crippen LogP contribution in [-0.2, 0) is 14.8 Å². The minimum absolute atomic E-state index is 0.179. The highest BCUT2D eigenvalue weighted by atomic mass is 32.2. The Morgan fingerprint density at radius 2 is 1.68 bits per heavy atom. The summed E-state index contributed by atoms with van der Waals surface area (Å²) in [4.78, 5) is 14.7. The van der Waals surface area contributed by atoms with Gasteiger partial charge in [-0.1, -0.05) is 59.4 Å². The Morgan fingerprint density at radius 1 is 1.00 bits per heavy atom. The third kappa shape index (κ3) is 5.16. The van der Waals surface area contributed by atoms with Gasteiger partial charge in [0.1, 0.15) is 5.01 Å². The molecule has 2 heterocycles. The second-order valence-electron chi connectivity index (χ2n) is 7.32. The number of aryl methyl sites for hydroxylation is 1. The first-order chi connectivity index (χ1) is 14.9. The van der Waals surface area contributed by atoms with Crippen LogP contribution in [-0.4, -0.2) is 66.5 Å². The van der Waals surface area contributed by atoms with E-state index in [0.29, 0.717) is 36.2 Å². The van der Waals surface area contributed by atoms with E-state index in [9.17, 15) is 13.2 Å². The fraction of sp³-hybridized carbons (Fsp3) is 0.286. The van der Waals surface area contributed by atoms with Crippen molar-refractivity contribution < 1.29 is 13.2 Å². The molecule has 1 saturated heterocycles. The first kappa shape index (κ1) is 21.6. The minimum Gasteiger partial charge on any atom is -0.299 e. The number of sulfonamides is 1. The number of nitrogens with zero attached hydrogens (tertiary/aromatic N) is 4. The molecule has 0 spiro atoms. The fourth-order valence-electron chi connectivity index (χ4n) is 3.32. The van der Waals surface area contributed by atoms with E-state index in [4.69, 9.17) is 0 Å². The van der Waals surface area contributed by atoms with Gasteiger partial charge in [0.2, 0.25) is 21.1 Å². The van der Waals surface area contributed by atoms with Crippen molar-refractivity contribution in [1.82, 2.24) is 19.4 Å². The highest BCUT2D eigenvalue weighted by Crippen LogP contribution is 2.26. The quantitative estimate of drug-likeness (QED) is 0.611. The molecule has 1 aliphatic heterocycles. The summed E-state index contributed by atoms with van der Waals surface area (Å²) < 4.78 is 26.9. The summed E-state index contributed by atoms with van der Waals surface area (Å²) >= 11 is 1.32. The second-order valence-corrected chi connectivity index (χ2v) is 10.2. The van der Waals surface area contributed by atoms with Crippen LogP contribution in [0.1, 0.15) is 5.56 Å². The van der Waals surface area contributed by atoms with Gasteiger partial charge in [0.15, 0.2) is 0 Å². The van der Waals surface area contributed by atoms with E-state index < -0.39 is 10.0 Å². The Balaban J connectivity index is 1.29. The maximum atomic E-state index is 12.7. The van der Waals surface area contributed by atoms with Crippen LogP contribution >= 0.6 is 11.3 Å². The summed E-state index contributed by atoms with van der Waals surface area (Å²) in [5, 5.41) is 12.2. The Labute approximate surface area is 185 Å². The van der Waals surface area contributed by atoms with E-state index in [2.05, 4.69) is 15.5 Å². The lowest BCUT2D eigenvalue weighted by Crippen LogP contribution is -2.50. The lowest BCUT2D eigenvalue weighted by molar-refractivity contribution is -0.117. The highest BCUT2D eigenvalue weighted by molar-refractivity contribution is 7.89. The standard InChI is InChI=1S/C21H23N5O3S2/c1-16-7-9-17(10-8-16)20-23-24-21(30-20)22-19(27)15-25-11-13-26(14-12-25)31(28,29)18-5-3-2-4-6-18/h2-10H,11-15H2,1H3,(H,22,24,27). The molecule has 0 radical (unpaired) electrons. The van der Waals surface area contributed by atoms with Gasteiger partial charge in [-0.2, -0.15) is 4.31 Å². The molecular formula is C21H23N5O3S2. The van der Waals surface area contributed by atoms with Crippen LogP contribution in [0.2, 0.25) is 0 Å². The summed E-state index contributed by atoms with van der Waals surface area (Å²) in [6.07, 6.45) is 0. The van der Waals surface area contributed by atoms with Gasteiger partial charge in [0.05, 0.1) is 11.4 Å². The van der Waals surface area contributed by atoms with Crippen molar-refractivity contribution in [2.24, 2.45) is 0 Å². The molecule has 2 aromatic carbocycles. The van der Waals surface area contributed by atoms with Gasteiger partial charge in [-0.15, -0.1) is 10.2 Å². The van der Waals surface area contributed by atoms with Crippen molar-refractivity contribution in [3.63, 3.8) is 0 Å². The number of amides is 1. The van der Waals surface area contributed by atoms with E-state index >= 15 is 0 Å². The minimum atomic E-state index is -3.50. The molecule has 4 rings (SSSR count). The fourth-order valence-corrected chi connectivity index (χ4v) is 5.53. The maximum absolute atomic E-state index is 12.7. The van der Waals surface area contributed by atoms with Gasteiger partial charge in [-0.3, -0.25) is 15.0 Å². The molecule has 0 unspecified atom stereocenters. The molecule has 8 nitrogen and oxygen atoms in total. The monoisotopic (exact) mass is 457 g/mol. The van der Waals surface area contributed by atoms with Crippen LogP contribution in [0.5, 0.6) is 0 Å². The van der Waals surface area contributed by atoms with Crippen LogP contribution in [0.4, 0.5) is 5.13 Å². The number of piperazine rings is 1. The normalized spacial score (nSPS) is 15.6. The largest absolute Gasteiger partial charge is 0.299 e. The molecule has 0 saturated carbocycles. The number of nitrogens with one attached hydrogen (secondary N) is 1. The molecule has 1 amide bonds. The van der Waals surface area contributed by atoms with Gasteiger partial charge in [-0.05, 0) is 19.1 Å². The predicted octanol–water partition coefficient (Wildman–Crippen LogP) is 2.46. The summed E-state index contributed by atoms with van der Waals surface area (Å²) in [5.74, 6) is -0.189. The smallest absolute Gasteiger partial charge is 0.243 e. The molecule has 3 aromatic rings. The van der Waals surface area contributed by atoms with E-state index in [0.717, 1.165) is 10.6 Å². The van der Waals surface area contributed by atoms with Gasteiger partial charge < -0.3 is 0 Å². The number of carbonyl (C=O) groups excluding carboxylic acids is 1. The molecule has 1 aromatic heterocycles. The molecular weight excluding hydrogens is 434 g/mol. The SMILES string of the molecule is Cc1ccc(-c2nnc(NC(=O)CN3CCN(S(=O)(=O)c4ccccc4)CC3)s2)cc1. The molecule has 10 heteroatoms. The van der Waals surface area contributed by atoms with E-state index in [1.807, 2.05) is 36.1 Å². The number of anilines is 1.